The first kappa shape index (κ1) is 25.5. The van der Waals surface area contributed by atoms with E-state index in [0.717, 1.165) is 0 Å². The van der Waals surface area contributed by atoms with Crippen LogP contribution in [0.1, 0.15) is 36.5 Å². The molecule has 0 aliphatic heterocycles. The van der Waals surface area contributed by atoms with Crippen LogP contribution in [0.15, 0.2) is 42.6 Å². The van der Waals surface area contributed by atoms with Crippen molar-refractivity contribution >= 4 is 39.1 Å². The molecule has 12 nitrogen and oxygen atoms in total. The molecule has 0 unspecified atom stereocenters. The number of primary amides is 1. The quantitative estimate of drug-likeness (QED) is 0.219. The lowest BCUT2D eigenvalue weighted by Gasteiger charge is -2.09. The smallest absolute Gasteiger partial charge is 0.303 e. The first-order valence-corrected chi connectivity index (χ1v) is 12.4. The molecular formula is C22H26N6O6S. The highest BCUT2D eigenvalue weighted by atomic mass is 32.2. The second kappa shape index (κ2) is 11.3. The zero-order valence-corrected chi connectivity index (χ0v) is 19.8. The number of nitrogens with two attached hydrogens (primary N) is 1. The monoisotopic (exact) mass is 502 g/mol. The van der Waals surface area contributed by atoms with Gasteiger partial charge in [0.25, 0.3) is 5.91 Å². The number of ether oxygens (including phenoxy) is 1. The molecule has 0 atom stereocenters. The predicted molar refractivity (Wildman–Crippen MR) is 130 cm³/mol. The van der Waals surface area contributed by atoms with Crippen molar-refractivity contribution in [3.63, 3.8) is 0 Å². The number of amides is 1. The van der Waals surface area contributed by atoms with E-state index in [4.69, 9.17) is 15.6 Å². The van der Waals surface area contributed by atoms with Crippen LogP contribution in [0.3, 0.4) is 0 Å². The summed E-state index contributed by atoms with van der Waals surface area (Å²) in [6.45, 7) is 1.85. The van der Waals surface area contributed by atoms with Gasteiger partial charge in [-0.25, -0.2) is 13.4 Å². The summed E-state index contributed by atoms with van der Waals surface area (Å²) >= 11 is 0. The van der Waals surface area contributed by atoms with Crippen molar-refractivity contribution in [3.05, 3.63) is 48.2 Å². The second-order valence-corrected chi connectivity index (χ2v) is 9.49. The summed E-state index contributed by atoms with van der Waals surface area (Å²) in [4.78, 5) is 26.9. The molecule has 3 aromatic rings. The van der Waals surface area contributed by atoms with Gasteiger partial charge in [0, 0.05) is 35.6 Å². The Labute approximate surface area is 202 Å². The molecule has 1 amide bonds. The Morgan fingerprint density at radius 2 is 1.89 bits per heavy atom. The van der Waals surface area contributed by atoms with E-state index in [1.807, 2.05) is 0 Å². The minimum atomic E-state index is -3.41. The van der Waals surface area contributed by atoms with Crippen molar-refractivity contribution in [1.29, 1.82) is 0 Å². The number of aliphatic carboxylic acids is 1. The topological polar surface area (TPSA) is 189 Å². The number of pyridine rings is 1. The number of sulfonamides is 1. The Kier molecular flexibility index (Phi) is 8.25. The van der Waals surface area contributed by atoms with Gasteiger partial charge >= 0.3 is 5.97 Å². The zero-order valence-electron chi connectivity index (χ0n) is 18.9. The number of rotatable bonds is 13. The number of hydrogen-bond acceptors (Lipinski definition) is 8. The predicted octanol–water partition coefficient (Wildman–Crippen LogP) is 2.71. The van der Waals surface area contributed by atoms with E-state index in [1.54, 1.807) is 36.4 Å². The first-order valence-electron chi connectivity index (χ1n) is 10.7. The van der Waals surface area contributed by atoms with Gasteiger partial charge in [-0.1, -0.05) is 12.1 Å². The second-order valence-electron chi connectivity index (χ2n) is 7.48. The van der Waals surface area contributed by atoms with Crippen LogP contribution in [-0.2, 0) is 14.8 Å². The number of nitrogens with one attached hydrogen (secondary N) is 3. The maximum Gasteiger partial charge on any atom is 0.303 e. The van der Waals surface area contributed by atoms with Crippen molar-refractivity contribution < 1.29 is 27.9 Å². The van der Waals surface area contributed by atoms with E-state index in [1.165, 1.54) is 13.1 Å². The SMILES string of the molecule is CCS(=O)(=O)Nc1ccc(-c2[nH]nc(Nc3ccnc(OCCCCC(=O)O)c3)c2C(N)=O)cc1. The summed E-state index contributed by atoms with van der Waals surface area (Å²) in [7, 11) is -3.41. The third-order valence-corrected chi connectivity index (χ3v) is 6.18. The standard InChI is InChI=1S/C22H26N6O6S/c1-2-35(32,33)28-15-8-6-14(7-9-15)20-19(21(23)31)22(27-26-20)25-16-10-11-24-17(13-16)34-12-4-3-5-18(29)30/h6-11,13,28H,2-5,12H2,1H3,(H2,23,31)(H,29,30)(H2,24,25,26,27). The summed E-state index contributed by atoms with van der Waals surface area (Å²) in [5, 5.41) is 18.7. The molecule has 0 aliphatic rings. The molecule has 35 heavy (non-hydrogen) atoms. The van der Waals surface area contributed by atoms with E-state index < -0.39 is 21.9 Å². The van der Waals surface area contributed by atoms with E-state index in [2.05, 4.69) is 25.2 Å². The highest BCUT2D eigenvalue weighted by molar-refractivity contribution is 7.92. The maximum absolute atomic E-state index is 12.2. The largest absolute Gasteiger partial charge is 0.481 e. The molecule has 0 fully saturated rings. The molecule has 0 spiro atoms. The van der Waals surface area contributed by atoms with E-state index in [0.29, 0.717) is 48.0 Å². The van der Waals surface area contributed by atoms with Crippen LogP contribution < -0.4 is 20.5 Å². The number of hydrogen-bond donors (Lipinski definition) is 5. The van der Waals surface area contributed by atoms with Crippen molar-refractivity contribution in [2.75, 3.05) is 22.4 Å². The Morgan fingerprint density at radius 3 is 2.54 bits per heavy atom. The molecule has 3 rings (SSSR count). The molecule has 186 valence electrons. The van der Waals surface area contributed by atoms with Gasteiger partial charge in [-0.2, -0.15) is 5.10 Å². The van der Waals surface area contributed by atoms with E-state index in [-0.39, 0.29) is 23.6 Å². The number of aromatic amines is 1. The highest BCUT2D eigenvalue weighted by Gasteiger charge is 2.20. The Balaban J connectivity index is 1.74. The van der Waals surface area contributed by atoms with Crippen molar-refractivity contribution in [1.82, 2.24) is 15.2 Å². The maximum atomic E-state index is 12.2. The lowest BCUT2D eigenvalue weighted by Crippen LogP contribution is -2.14. The summed E-state index contributed by atoms with van der Waals surface area (Å²) in [5.74, 6) is -1.09. The number of carbonyl (C=O) groups excluding carboxylic acids is 1. The summed E-state index contributed by atoms with van der Waals surface area (Å²) in [6.07, 6.45) is 2.66. The van der Waals surface area contributed by atoms with Gasteiger partial charge < -0.3 is 20.9 Å². The Morgan fingerprint density at radius 1 is 1.14 bits per heavy atom. The lowest BCUT2D eigenvalue weighted by atomic mass is 10.1. The fourth-order valence-electron chi connectivity index (χ4n) is 3.10. The molecule has 1 aromatic carbocycles. The number of carboxylic acid groups (broad SMARTS) is 1. The number of unbranched alkanes of at least 4 members (excludes halogenated alkanes) is 1. The molecule has 2 aromatic heterocycles. The van der Waals surface area contributed by atoms with E-state index in [9.17, 15) is 18.0 Å². The van der Waals surface area contributed by atoms with Crippen molar-refractivity contribution in [2.24, 2.45) is 5.73 Å². The molecule has 0 bridgehead atoms. The van der Waals surface area contributed by atoms with Gasteiger partial charge in [-0.15, -0.1) is 0 Å². The third kappa shape index (κ3) is 7.17. The van der Waals surface area contributed by atoms with Gasteiger partial charge in [0.1, 0.15) is 5.56 Å². The number of carbonyl (C=O) groups is 2. The fraction of sp³-hybridized carbons (Fsp3) is 0.273. The Bertz CT molecular complexity index is 1290. The van der Waals surface area contributed by atoms with Crippen LogP contribution in [0.2, 0.25) is 0 Å². The van der Waals surface area contributed by atoms with Crippen LogP contribution in [0.4, 0.5) is 17.2 Å². The number of nitrogens with zero attached hydrogens (tertiary/aromatic N) is 2. The molecule has 13 heteroatoms. The van der Waals surface area contributed by atoms with Gasteiger partial charge in [0.15, 0.2) is 5.82 Å². The average molecular weight is 503 g/mol. The lowest BCUT2D eigenvalue weighted by molar-refractivity contribution is -0.137. The van der Waals surface area contributed by atoms with Crippen LogP contribution in [0, 0.1) is 0 Å². The first-order chi connectivity index (χ1) is 16.7. The number of H-pyrrole nitrogens is 1. The molecule has 2 heterocycles. The Hall–Kier alpha value is -4.13. The molecule has 0 saturated heterocycles. The molecule has 0 radical (unpaired) electrons. The zero-order chi connectivity index (χ0) is 25.4. The van der Waals surface area contributed by atoms with Gasteiger partial charge in [-0.3, -0.25) is 19.4 Å². The highest BCUT2D eigenvalue weighted by Crippen LogP contribution is 2.30. The number of carboxylic acids is 1. The minimum Gasteiger partial charge on any atom is -0.481 e. The van der Waals surface area contributed by atoms with Crippen LogP contribution in [-0.4, -0.2) is 52.9 Å². The van der Waals surface area contributed by atoms with Gasteiger partial charge in [-0.05, 0) is 38.0 Å². The summed E-state index contributed by atoms with van der Waals surface area (Å²) in [6, 6.07) is 9.70. The number of benzene rings is 1. The third-order valence-electron chi connectivity index (χ3n) is 4.87. The van der Waals surface area contributed by atoms with Crippen molar-refractivity contribution in [2.45, 2.75) is 26.2 Å². The van der Waals surface area contributed by atoms with Crippen LogP contribution >= 0.6 is 0 Å². The van der Waals surface area contributed by atoms with Gasteiger partial charge in [0.2, 0.25) is 15.9 Å². The molecule has 0 saturated carbocycles. The number of aromatic nitrogens is 3. The van der Waals surface area contributed by atoms with E-state index >= 15 is 0 Å². The fourth-order valence-corrected chi connectivity index (χ4v) is 3.74. The summed E-state index contributed by atoms with van der Waals surface area (Å²) < 4.78 is 31.5. The molecular weight excluding hydrogens is 476 g/mol. The van der Waals surface area contributed by atoms with Crippen molar-refractivity contribution in [3.8, 4) is 17.1 Å². The van der Waals surface area contributed by atoms with Crippen LogP contribution in [0.5, 0.6) is 5.88 Å². The average Bonchev–Trinajstić information content (AvgIpc) is 3.23. The molecule has 0 aliphatic carbocycles. The number of anilines is 3. The normalized spacial score (nSPS) is 11.1. The molecule has 6 N–H and O–H groups in total. The summed E-state index contributed by atoms with van der Waals surface area (Å²) in [5.41, 5.74) is 7.63. The minimum absolute atomic E-state index is 0.0529. The van der Waals surface area contributed by atoms with Gasteiger partial charge in [0.05, 0.1) is 18.1 Å². The van der Waals surface area contributed by atoms with Crippen LogP contribution in [0.25, 0.3) is 11.3 Å².